The molecular weight excluding hydrogens is 244 g/mol. The van der Waals surface area contributed by atoms with Gasteiger partial charge in [-0.1, -0.05) is 19.1 Å². The zero-order valence-corrected chi connectivity index (χ0v) is 11.7. The third-order valence-electron chi connectivity index (χ3n) is 3.42. The van der Waals surface area contributed by atoms with Gasteiger partial charge in [-0.25, -0.2) is 0 Å². The van der Waals surface area contributed by atoms with E-state index in [1.807, 2.05) is 30.5 Å². The Kier molecular flexibility index (Phi) is 4.66. The Hall–Kier alpha value is -1.00. The van der Waals surface area contributed by atoms with Crippen molar-refractivity contribution in [2.24, 2.45) is 5.92 Å². The number of thioether (sulfide) groups is 1. The third kappa shape index (κ3) is 3.06. The molecule has 0 bridgehead atoms. The van der Waals surface area contributed by atoms with Gasteiger partial charge in [0.15, 0.2) is 0 Å². The second kappa shape index (κ2) is 6.25. The number of anilines is 1. The summed E-state index contributed by atoms with van der Waals surface area (Å²) < 4.78 is 0. The molecule has 2 atom stereocenters. The molecule has 1 aliphatic heterocycles. The number of carbonyl (C=O) groups excluding carboxylic acids is 1. The number of benzene rings is 1. The van der Waals surface area contributed by atoms with E-state index in [2.05, 4.69) is 17.6 Å². The first-order valence-corrected chi connectivity index (χ1v) is 7.62. The Balaban J connectivity index is 2.06. The maximum absolute atomic E-state index is 12.3. The molecule has 1 heterocycles. The van der Waals surface area contributed by atoms with Gasteiger partial charge in [-0.3, -0.25) is 4.79 Å². The van der Waals surface area contributed by atoms with Crippen molar-refractivity contribution in [1.29, 1.82) is 0 Å². The van der Waals surface area contributed by atoms with Crippen LogP contribution in [0.3, 0.4) is 0 Å². The molecule has 2 N–H and O–H groups in total. The summed E-state index contributed by atoms with van der Waals surface area (Å²) in [6, 6.07) is 7.86. The zero-order chi connectivity index (χ0) is 13.0. The van der Waals surface area contributed by atoms with E-state index in [1.165, 1.54) is 0 Å². The molecule has 0 spiro atoms. The number of piperidine rings is 1. The number of amides is 1. The van der Waals surface area contributed by atoms with Crippen LogP contribution in [0.4, 0.5) is 5.69 Å². The SMILES string of the molecule is CSc1ccccc1NC(=O)C1NCCCC1C. The van der Waals surface area contributed by atoms with E-state index in [-0.39, 0.29) is 11.9 Å². The fourth-order valence-electron chi connectivity index (χ4n) is 2.36. The topological polar surface area (TPSA) is 41.1 Å². The first-order valence-electron chi connectivity index (χ1n) is 6.39. The summed E-state index contributed by atoms with van der Waals surface area (Å²) in [6.07, 6.45) is 4.30. The van der Waals surface area contributed by atoms with E-state index in [9.17, 15) is 4.79 Å². The summed E-state index contributed by atoms with van der Waals surface area (Å²) >= 11 is 1.65. The normalized spacial score (nSPS) is 23.7. The molecule has 1 aliphatic rings. The number of nitrogens with one attached hydrogen (secondary N) is 2. The van der Waals surface area contributed by atoms with Crippen LogP contribution in [0.2, 0.25) is 0 Å². The fraction of sp³-hybridized carbons (Fsp3) is 0.500. The van der Waals surface area contributed by atoms with Crippen LogP contribution in [0.15, 0.2) is 29.2 Å². The first kappa shape index (κ1) is 13.4. The minimum Gasteiger partial charge on any atom is -0.324 e. The third-order valence-corrected chi connectivity index (χ3v) is 4.21. The van der Waals surface area contributed by atoms with Gasteiger partial charge in [0, 0.05) is 4.90 Å². The molecule has 1 saturated heterocycles. The average molecular weight is 264 g/mol. The molecule has 3 nitrogen and oxygen atoms in total. The smallest absolute Gasteiger partial charge is 0.241 e. The van der Waals surface area contributed by atoms with Gasteiger partial charge in [0.25, 0.3) is 0 Å². The largest absolute Gasteiger partial charge is 0.324 e. The minimum atomic E-state index is -0.0614. The van der Waals surface area contributed by atoms with Crippen molar-refractivity contribution in [2.45, 2.75) is 30.7 Å². The molecule has 98 valence electrons. The quantitative estimate of drug-likeness (QED) is 0.825. The van der Waals surface area contributed by atoms with Gasteiger partial charge in [-0.15, -0.1) is 11.8 Å². The second-order valence-corrected chi connectivity index (χ2v) is 5.59. The molecular formula is C14H20N2OS. The van der Waals surface area contributed by atoms with E-state index < -0.39 is 0 Å². The van der Waals surface area contributed by atoms with Crippen molar-refractivity contribution >= 4 is 23.4 Å². The number of hydrogen-bond acceptors (Lipinski definition) is 3. The van der Waals surface area contributed by atoms with Gasteiger partial charge in [0.05, 0.1) is 11.7 Å². The predicted molar refractivity (Wildman–Crippen MR) is 77.0 cm³/mol. The highest BCUT2D eigenvalue weighted by Gasteiger charge is 2.27. The van der Waals surface area contributed by atoms with E-state index >= 15 is 0 Å². The number of hydrogen-bond donors (Lipinski definition) is 2. The maximum Gasteiger partial charge on any atom is 0.241 e. The van der Waals surface area contributed by atoms with Gasteiger partial charge >= 0.3 is 0 Å². The summed E-state index contributed by atoms with van der Waals surface area (Å²) in [5.41, 5.74) is 0.912. The zero-order valence-electron chi connectivity index (χ0n) is 10.9. The predicted octanol–water partition coefficient (Wildman–Crippen LogP) is 2.74. The number of carbonyl (C=O) groups is 1. The van der Waals surface area contributed by atoms with Gasteiger partial charge in [0.1, 0.15) is 0 Å². The van der Waals surface area contributed by atoms with Crippen LogP contribution >= 0.6 is 11.8 Å². The molecule has 4 heteroatoms. The minimum absolute atomic E-state index is 0.0614. The van der Waals surface area contributed by atoms with Crippen molar-refractivity contribution in [1.82, 2.24) is 5.32 Å². The van der Waals surface area contributed by atoms with Gasteiger partial charge in [-0.2, -0.15) is 0 Å². The van der Waals surface area contributed by atoms with Crippen LogP contribution in [0.25, 0.3) is 0 Å². The molecule has 1 aromatic carbocycles. The first-order chi connectivity index (χ1) is 8.72. The summed E-state index contributed by atoms with van der Waals surface area (Å²) in [5, 5.41) is 6.35. The van der Waals surface area contributed by atoms with Crippen LogP contribution in [0.1, 0.15) is 19.8 Å². The van der Waals surface area contributed by atoms with E-state index in [0.717, 1.165) is 30.0 Å². The highest BCUT2D eigenvalue weighted by atomic mass is 32.2. The van der Waals surface area contributed by atoms with Crippen LogP contribution in [0.5, 0.6) is 0 Å². The summed E-state index contributed by atoms with van der Waals surface area (Å²) in [7, 11) is 0. The van der Waals surface area contributed by atoms with Crippen molar-refractivity contribution < 1.29 is 4.79 Å². The Morgan fingerprint density at radius 3 is 2.94 bits per heavy atom. The van der Waals surface area contributed by atoms with Gasteiger partial charge in [-0.05, 0) is 43.7 Å². The van der Waals surface area contributed by atoms with Crippen LogP contribution in [-0.2, 0) is 4.79 Å². The van der Waals surface area contributed by atoms with Crippen LogP contribution in [0, 0.1) is 5.92 Å². The van der Waals surface area contributed by atoms with E-state index in [1.54, 1.807) is 11.8 Å². The molecule has 1 amide bonds. The van der Waals surface area contributed by atoms with Crippen LogP contribution in [-0.4, -0.2) is 24.7 Å². The molecule has 2 rings (SSSR count). The Bertz CT molecular complexity index is 422. The highest BCUT2D eigenvalue weighted by molar-refractivity contribution is 7.98. The number of rotatable bonds is 3. The van der Waals surface area contributed by atoms with Crippen molar-refractivity contribution in [2.75, 3.05) is 18.1 Å². The lowest BCUT2D eigenvalue weighted by Gasteiger charge is -2.29. The number of para-hydroxylation sites is 1. The van der Waals surface area contributed by atoms with Crippen molar-refractivity contribution in [3.05, 3.63) is 24.3 Å². The maximum atomic E-state index is 12.3. The van der Waals surface area contributed by atoms with Crippen molar-refractivity contribution in [3.8, 4) is 0 Å². The van der Waals surface area contributed by atoms with Crippen LogP contribution < -0.4 is 10.6 Å². The van der Waals surface area contributed by atoms with E-state index in [4.69, 9.17) is 0 Å². The fourth-order valence-corrected chi connectivity index (χ4v) is 2.91. The molecule has 1 aromatic rings. The molecule has 0 aromatic heterocycles. The standard InChI is InChI=1S/C14H20N2OS/c1-10-6-5-9-15-13(10)14(17)16-11-7-3-4-8-12(11)18-2/h3-4,7-8,10,13,15H,5-6,9H2,1-2H3,(H,16,17). The summed E-state index contributed by atoms with van der Waals surface area (Å²) in [6.45, 7) is 3.07. The lowest BCUT2D eigenvalue weighted by Crippen LogP contribution is -2.48. The summed E-state index contributed by atoms with van der Waals surface area (Å²) in [5.74, 6) is 0.490. The monoisotopic (exact) mass is 264 g/mol. The van der Waals surface area contributed by atoms with Gasteiger partial charge in [0.2, 0.25) is 5.91 Å². The van der Waals surface area contributed by atoms with Crippen molar-refractivity contribution in [3.63, 3.8) is 0 Å². The van der Waals surface area contributed by atoms with E-state index in [0.29, 0.717) is 5.92 Å². The molecule has 2 unspecified atom stereocenters. The highest BCUT2D eigenvalue weighted by Crippen LogP contribution is 2.25. The lowest BCUT2D eigenvalue weighted by molar-refractivity contribution is -0.119. The summed E-state index contributed by atoms with van der Waals surface area (Å²) in [4.78, 5) is 13.4. The Labute approximate surface area is 113 Å². The molecule has 0 aliphatic carbocycles. The lowest BCUT2D eigenvalue weighted by atomic mass is 9.92. The molecule has 18 heavy (non-hydrogen) atoms. The molecule has 0 saturated carbocycles. The van der Waals surface area contributed by atoms with Gasteiger partial charge < -0.3 is 10.6 Å². The Morgan fingerprint density at radius 2 is 2.22 bits per heavy atom. The average Bonchev–Trinajstić information content (AvgIpc) is 2.39. The molecule has 0 radical (unpaired) electrons. The second-order valence-electron chi connectivity index (χ2n) is 4.74. The Morgan fingerprint density at radius 1 is 1.44 bits per heavy atom. The molecule has 1 fully saturated rings.